The van der Waals surface area contributed by atoms with Gasteiger partial charge in [0, 0.05) is 5.69 Å². The number of benzene rings is 2. The standard InChI is InChI=1S/C21H25NO5/c1-5-15-9-7-8-14(3)20(15)22-19(23)13-27-21(24)16-10-11-17(25-4)18(12-16)26-6-2/h7-12H,5-6,13H2,1-4H3,(H,22,23). The molecule has 0 saturated carbocycles. The summed E-state index contributed by atoms with van der Waals surface area (Å²) in [5.41, 5.74) is 3.05. The molecule has 0 saturated heterocycles. The van der Waals surface area contributed by atoms with Crippen molar-refractivity contribution in [2.24, 2.45) is 0 Å². The first kappa shape index (κ1) is 20.3. The minimum absolute atomic E-state index is 0.289. The van der Waals surface area contributed by atoms with Crippen molar-refractivity contribution in [2.45, 2.75) is 27.2 Å². The van der Waals surface area contributed by atoms with E-state index in [0.29, 0.717) is 18.1 Å². The lowest BCUT2D eigenvalue weighted by Crippen LogP contribution is -2.22. The van der Waals surface area contributed by atoms with E-state index in [1.807, 2.05) is 39.0 Å². The van der Waals surface area contributed by atoms with Gasteiger partial charge in [0.1, 0.15) is 0 Å². The molecule has 2 rings (SSSR count). The highest BCUT2D eigenvalue weighted by Gasteiger charge is 2.15. The molecule has 0 aliphatic carbocycles. The third-order valence-corrected chi connectivity index (χ3v) is 4.04. The molecule has 0 aromatic heterocycles. The summed E-state index contributed by atoms with van der Waals surface area (Å²) >= 11 is 0. The van der Waals surface area contributed by atoms with E-state index in [4.69, 9.17) is 14.2 Å². The summed E-state index contributed by atoms with van der Waals surface area (Å²) in [6, 6.07) is 10.6. The molecule has 0 aliphatic heterocycles. The summed E-state index contributed by atoms with van der Waals surface area (Å²) in [4.78, 5) is 24.5. The van der Waals surface area contributed by atoms with Gasteiger partial charge < -0.3 is 19.5 Å². The van der Waals surface area contributed by atoms with Crippen molar-refractivity contribution < 1.29 is 23.8 Å². The number of methoxy groups -OCH3 is 1. The number of hydrogen-bond acceptors (Lipinski definition) is 5. The molecule has 0 heterocycles. The normalized spacial score (nSPS) is 10.2. The molecule has 1 N–H and O–H groups in total. The SMILES string of the molecule is CCOc1cc(C(=O)OCC(=O)Nc2c(C)cccc2CC)ccc1OC. The molecule has 0 aliphatic rings. The van der Waals surface area contributed by atoms with Crippen molar-refractivity contribution in [3.05, 3.63) is 53.1 Å². The van der Waals surface area contributed by atoms with Gasteiger partial charge >= 0.3 is 5.97 Å². The van der Waals surface area contributed by atoms with Crippen LogP contribution < -0.4 is 14.8 Å². The largest absolute Gasteiger partial charge is 0.493 e. The van der Waals surface area contributed by atoms with Gasteiger partial charge in [-0.15, -0.1) is 0 Å². The Morgan fingerprint density at radius 3 is 2.52 bits per heavy atom. The highest BCUT2D eigenvalue weighted by molar-refractivity contribution is 5.96. The molecule has 6 heteroatoms. The summed E-state index contributed by atoms with van der Waals surface area (Å²) in [7, 11) is 1.52. The molecule has 0 radical (unpaired) electrons. The van der Waals surface area contributed by atoms with Crippen LogP contribution in [0.3, 0.4) is 0 Å². The maximum absolute atomic E-state index is 12.2. The van der Waals surface area contributed by atoms with Gasteiger partial charge in [0.2, 0.25) is 0 Å². The maximum atomic E-state index is 12.2. The monoisotopic (exact) mass is 371 g/mol. The Morgan fingerprint density at radius 2 is 1.85 bits per heavy atom. The smallest absolute Gasteiger partial charge is 0.338 e. The zero-order valence-electron chi connectivity index (χ0n) is 16.1. The highest BCUT2D eigenvalue weighted by atomic mass is 16.5. The zero-order valence-corrected chi connectivity index (χ0v) is 16.1. The molecule has 6 nitrogen and oxygen atoms in total. The summed E-state index contributed by atoms with van der Waals surface area (Å²) in [5, 5.41) is 2.83. The first-order valence-corrected chi connectivity index (χ1v) is 8.86. The van der Waals surface area contributed by atoms with E-state index in [-0.39, 0.29) is 18.1 Å². The highest BCUT2D eigenvalue weighted by Crippen LogP contribution is 2.28. The van der Waals surface area contributed by atoms with Crippen molar-refractivity contribution in [2.75, 3.05) is 25.6 Å². The number of carbonyl (C=O) groups excluding carboxylic acids is 2. The Balaban J connectivity index is 2.01. The predicted molar refractivity (Wildman–Crippen MR) is 104 cm³/mol. The van der Waals surface area contributed by atoms with E-state index in [9.17, 15) is 9.59 Å². The van der Waals surface area contributed by atoms with Crippen LogP contribution in [0.1, 0.15) is 35.3 Å². The van der Waals surface area contributed by atoms with Crippen molar-refractivity contribution in [3.63, 3.8) is 0 Å². The van der Waals surface area contributed by atoms with Crippen LogP contribution in [0.25, 0.3) is 0 Å². The van der Waals surface area contributed by atoms with Crippen molar-refractivity contribution >= 4 is 17.6 Å². The van der Waals surface area contributed by atoms with Gasteiger partial charge in [-0.25, -0.2) is 4.79 Å². The maximum Gasteiger partial charge on any atom is 0.338 e. The quantitative estimate of drug-likeness (QED) is 0.715. The van der Waals surface area contributed by atoms with Crippen LogP contribution in [-0.4, -0.2) is 32.2 Å². The van der Waals surface area contributed by atoms with Gasteiger partial charge in [-0.2, -0.15) is 0 Å². The predicted octanol–water partition coefficient (Wildman–Crippen LogP) is 3.76. The lowest BCUT2D eigenvalue weighted by atomic mass is 10.1. The molecule has 0 unspecified atom stereocenters. The molecule has 2 aromatic carbocycles. The second-order valence-corrected chi connectivity index (χ2v) is 5.89. The summed E-state index contributed by atoms with van der Waals surface area (Å²) in [6.45, 7) is 5.85. The van der Waals surface area contributed by atoms with E-state index in [1.165, 1.54) is 7.11 Å². The number of ether oxygens (including phenoxy) is 3. The van der Waals surface area contributed by atoms with E-state index in [1.54, 1.807) is 18.2 Å². The van der Waals surface area contributed by atoms with Crippen LogP contribution in [0.5, 0.6) is 11.5 Å². The van der Waals surface area contributed by atoms with E-state index in [0.717, 1.165) is 23.2 Å². The summed E-state index contributed by atoms with van der Waals surface area (Å²) in [5.74, 6) is -0.00987. The number of rotatable bonds is 8. The number of nitrogens with one attached hydrogen (secondary N) is 1. The summed E-state index contributed by atoms with van der Waals surface area (Å²) in [6.07, 6.45) is 0.795. The topological polar surface area (TPSA) is 73.9 Å². The fourth-order valence-corrected chi connectivity index (χ4v) is 2.66. The summed E-state index contributed by atoms with van der Waals surface area (Å²) < 4.78 is 15.8. The first-order valence-electron chi connectivity index (χ1n) is 8.86. The molecular formula is C21H25NO5. The van der Waals surface area contributed by atoms with Crippen LogP contribution in [0.2, 0.25) is 0 Å². The Morgan fingerprint density at radius 1 is 1.07 bits per heavy atom. The lowest BCUT2D eigenvalue weighted by Gasteiger charge is -2.13. The Hall–Kier alpha value is -3.02. The second kappa shape index (κ2) is 9.62. The third-order valence-electron chi connectivity index (χ3n) is 4.04. The third kappa shape index (κ3) is 5.23. The van der Waals surface area contributed by atoms with Gasteiger partial charge in [0.05, 0.1) is 19.3 Å². The second-order valence-electron chi connectivity index (χ2n) is 5.89. The van der Waals surface area contributed by atoms with Gasteiger partial charge in [0.25, 0.3) is 5.91 Å². The van der Waals surface area contributed by atoms with Crippen LogP contribution in [-0.2, 0) is 16.0 Å². The average Bonchev–Trinajstić information content (AvgIpc) is 2.67. The van der Waals surface area contributed by atoms with Gasteiger partial charge in [-0.3, -0.25) is 4.79 Å². The molecule has 0 spiro atoms. The van der Waals surface area contributed by atoms with Crippen LogP contribution in [0, 0.1) is 6.92 Å². The number of hydrogen-bond donors (Lipinski definition) is 1. The van der Waals surface area contributed by atoms with Gasteiger partial charge in [-0.1, -0.05) is 25.1 Å². The van der Waals surface area contributed by atoms with E-state index < -0.39 is 5.97 Å². The van der Waals surface area contributed by atoms with E-state index in [2.05, 4.69) is 5.32 Å². The minimum atomic E-state index is -0.603. The van der Waals surface area contributed by atoms with E-state index >= 15 is 0 Å². The minimum Gasteiger partial charge on any atom is -0.493 e. The van der Waals surface area contributed by atoms with Crippen molar-refractivity contribution in [1.29, 1.82) is 0 Å². The molecule has 0 bridgehead atoms. The zero-order chi connectivity index (χ0) is 19.8. The molecule has 144 valence electrons. The molecule has 1 amide bonds. The Labute approximate surface area is 159 Å². The number of para-hydroxylation sites is 1. The molecule has 2 aromatic rings. The fourth-order valence-electron chi connectivity index (χ4n) is 2.66. The number of carbonyl (C=O) groups is 2. The van der Waals surface area contributed by atoms with Gasteiger partial charge in [0.15, 0.2) is 18.1 Å². The molecule has 0 atom stereocenters. The first-order chi connectivity index (χ1) is 13.0. The van der Waals surface area contributed by atoms with Crippen LogP contribution in [0.15, 0.2) is 36.4 Å². The molecular weight excluding hydrogens is 346 g/mol. The van der Waals surface area contributed by atoms with Crippen LogP contribution >= 0.6 is 0 Å². The number of amides is 1. The average molecular weight is 371 g/mol. The lowest BCUT2D eigenvalue weighted by molar-refractivity contribution is -0.119. The molecule has 27 heavy (non-hydrogen) atoms. The fraction of sp³-hybridized carbons (Fsp3) is 0.333. The van der Waals surface area contributed by atoms with Gasteiger partial charge in [-0.05, 0) is 49.6 Å². The number of esters is 1. The number of aryl methyl sites for hydroxylation is 2. The van der Waals surface area contributed by atoms with Crippen molar-refractivity contribution in [1.82, 2.24) is 0 Å². The van der Waals surface area contributed by atoms with Crippen LogP contribution in [0.4, 0.5) is 5.69 Å². The molecule has 0 fully saturated rings. The number of anilines is 1. The van der Waals surface area contributed by atoms with Crippen molar-refractivity contribution in [3.8, 4) is 11.5 Å². The Kier molecular flexibility index (Phi) is 7.23. The Bertz CT molecular complexity index is 816.